The predicted molar refractivity (Wildman–Crippen MR) is 71.1 cm³/mol. The number of halogens is 1. The molecular weight excluding hydrogens is 343 g/mol. The molecule has 1 aliphatic rings. The zero-order valence-electron chi connectivity index (χ0n) is 9.36. The molecule has 1 aliphatic heterocycles. The van der Waals surface area contributed by atoms with Crippen LogP contribution in [0.15, 0.2) is 0 Å². The molecule has 0 saturated carbocycles. The molecule has 1 amide bonds. The van der Waals surface area contributed by atoms with Gasteiger partial charge in [-0.05, 0) is 6.42 Å². The summed E-state index contributed by atoms with van der Waals surface area (Å²) in [7, 11) is -3.10. The summed E-state index contributed by atoms with van der Waals surface area (Å²) >= 11 is 2.25. The first-order chi connectivity index (χ1) is 7.45. The van der Waals surface area contributed by atoms with Crippen molar-refractivity contribution in [2.45, 2.75) is 12.8 Å². The van der Waals surface area contributed by atoms with E-state index in [1.165, 1.54) is 10.6 Å². The van der Waals surface area contributed by atoms with Gasteiger partial charge in [0.1, 0.15) is 0 Å². The SMILES string of the molecule is CS(=O)(=O)N1CCN(C(=O)CCCI)CC1. The predicted octanol–water partition coefficient (Wildman–Crippen LogP) is 0.305. The summed E-state index contributed by atoms with van der Waals surface area (Å²) in [5, 5.41) is 0. The molecule has 1 heterocycles. The molecule has 1 saturated heterocycles. The van der Waals surface area contributed by atoms with Crippen LogP contribution in [-0.4, -0.2) is 60.4 Å². The van der Waals surface area contributed by atoms with E-state index in [1.807, 2.05) is 0 Å². The van der Waals surface area contributed by atoms with Crippen molar-refractivity contribution in [1.29, 1.82) is 0 Å². The van der Waals surface area contributed by atoms with Crippen LogP contribution in [0.5, 0.6) is 0 Å². The molecule has 0 N–H and O–H groups in total. The molecule has 1 rings (SSSR count). The Morgan fingerprint density at radius 1 is 1.25 bits per heavy atom. The summed E-state index contributed by atoms with van der Waals surface area (Å²) in [6.45, 7) is 1.89. The zero-order valence-corrected chi connectivity index (χ0v) is 12.3. The van der Waals surface area contributed by atoms with Crippen molar-refractivity contribution in [3.05, 3.63) is 0 Å². The summed E-state index contributed by atoms with van der Waals surface area (Å²) in [4.78, 5) is 13.4. The van der Waals surface area contributed by atoms with Crippen molar-refractivity contribution < 1.29 is 13.2 Å². The Bertz CT molecular complexity index is 337. The van der Waals surface area contributed by atoms with E-state index in [2.05, 4.69) is 22.6 Å². The number of sulfonamides is 1. The normalized spacial score (nSPS) is 18.8. The van der Waals surface area contributed by atoms with Crippen molar-refractivity contribution in [2.75, 3.05) is 36.9 Å². The highest BCUT2D eigenvalue weighted by molar-refractivity contribution is 14.1. The fourth-order valence-corrected chi connectivity index (χ4v) is 2.85. The average molecular weight is 360 g/mol. The van der Waals surface area contributed by atoms with Gasteiger partial charge in [-0.2, -0.15) is 4.31 Å². The summed E-state index contributed by atoms with van der Waals surface area (Å²) in [5.41, 5.74) is 0. The fourth-order valence-electron chi connectivity index (χ4n) is 1.65. The lowest BCUT2D eigenvalue weighted by atomic mass is 10.2. The second kappa shape index (κ2) is 6.15. The van der Waals surface area contributed by atoms with Gasteiger partial charge in [-0.1, -0.05) is 22.6 Å². The Hall–Kier alpha value is 0.110. The van der Waals surface area contributed by atoms with Crippen LogP contribution < -0.4 is 0 Å². The highest BCUT2D eigenvalue weighted by Crippen LogP contribution is 2.08. The molecule has 7 heteroatoms. The van der Waals surface area contributed by atoms with Crippen LogP contribution >= 0.6 is 22.6 Å². The highest BCUT2D eigenvalue weighted by atomic mass is 127. The highest BCUT2D eigenvalue weighted by Gasteiger charge is 2.25. The molecule has 1 fully saturated rings. The Labute approximate surface area is 110 Å². The quantitative estimate of drug-likeness (QED) is 0.536. The maximum atomic E-state index is 11.7. The van der Waals surface area contributed by atoms with Gasteiger partial charge in [0, 0.05) is 37.0 Å². The molecule has 0 aromatic heterocycles. The van der Waals surface area contributed by atoms with Gasteiger partial charge in [-0.3, -0.25) is 4.79 Å². The van der Waals surface area contributed by atoms with Gasteiger partial charge in [0.15, 0.2) is 0 Å². The van der Waals surface area contributed by atoms with Gasteiger partial charge >= 0.3 is 0 Å². The standard InChI is InChI=1S/C9H17IN2O3S/c1-16(14,15)12-7-5-11(6-8-12)9(13)3-2-4-10/h2-8H2,1H3. The van der Waals surface area contributed by atoms with E-state index in [0.717, 1.165) is 10.8 Å². The second-order valence-electron chi connectivity index (χ2n) is 3.84. The number of hydrogen-bond acceptors (Lipinski definition) is 3. The Balaban J connectivity index is 2.40. The minimum Gasteiger partial charge on any atom is -0.340 e. The van der Waals surface area contributed by atoms with E-state index in [4.69, 9.17) is 0 Å². The number of alkyl halides is 1. The van der Waals surface area contributed by atoms with Gasteiger partial charge in [0.05, 0.1) is 6.26 Å². The molecule has 94 valence electrons. The molecular formula is C9H17IN2O3S. The number of amides is 1. The Kier molecular flexibility index (Phi) is 5.45. The maximum Gasteiger partial charge on any atom is 0.222 e. The summed E-state index contributed by atoms with van der Waals surface area (Å²) in [5.74, 6) is 0.143. The van der Waals surface area contributed by atoms with Gasteiger partial charge in [0.2, 0.25) is 15.9 Å². The lowest BCUT2D eigenvalue weighted by molar-refractivity contribution is -0.132. The first-order valence-corrected chi connectivity index (χ1v) is 8.61. The minimum absolute atomic E-state index is 0.143. The number of piperazine rings is 1. The molecule has 0 aromatic rings. The van der Waals surface area contributed by atoms with E-state index in [0.29, 0.717) is 32.6 Å². The van der Waals surface area contributed by atoms with E-state index in [-0.39, 0.29) is 5.91 Å². The third-order valence-electron chi connectivity index (χ3n) is 2.58. The van der Waals surface area contributed by atoms with Crippen LogP contribution in [-0.2, 0) is 14.8 Å². The number of hydrogen-bond donors (Lipinski definition) is 0. The van der Waals surface area contributed by atoms with Crippen LogP contribution in [0.4, 0.5) is 0 Å². The Morgan fingerprint density at radius 2 is 1.81 bits per heavy atom. The van der Waals surface area contributed by atoms with E-state index in [1.54, 1.807) is 4.90 Å². The van der Waals surface area contributed by atoms with Gasteiger partial charge < -0.3 is 4.90 Å². The molecule has 0 atom stereocenters. The van der Waals surface area contributed by atoms with Gasteiger partial charge in [-0.25, -0.2) is 8.42 Å². The monoisotopic (exact) mass is 360 g/mol. The van der Waals surface area contributed by atoms with Crippen LogP contribution in [0.1, 0.15) is 12.8 Å². The zero-order chi connectivity index (χ0) is 12.2. The summed E-state index contributed by atoms with van der Waals surface area (Å²) < 4.78 is 24.9. The van der Waals surface area contributed by atoms with Crippen molar-refractivity contribution in [3.8, 4) is 0 Å². The third kappa shape index (κ3) is 4.17. The van der Waals surface area contributed by atoms with Crippen LogP contribution in [0.2, 0.25) is 0 Å². The van der Waals surface area contributed by atoms with Crippen molar-refractivity contribution in [2.24, 2.45) is 0 Å². The molecule has 0 aromatic carbocycles. The largest absolute Gasteiger partial charge is 0.340 e. The lowest BCUT2D eigenvalue weighted by Gasteiger charge is -2.33. The van der Waals surface area contributed by atoms with Gasteiger partial charge in [-0.15, -0.1) is 0 Å². The summed E-state index contributed by atoms with van der Waals surface area (Å²) in [6, 6.07) is 0. The second-order valence-corrected chi connectivity index (χ2v) is 6.90. The van der Waals surface area contributed by atoms with Gasteiger partial charge in [0.25, 0.3) is 0 Å². The van der Waals surface area contributed by atoms with E-state index < -0.39 is 10.0 Å². The lowest BCUT2D eigenvalue weighted by Crippen LogP contribution is -2.50. The molecule has 0 spiro atoms. The minimum atomic E-state index is -3.10. The number of rotatable bonds is 4. The van der Waals surface area contributed by atoms with Crippen LogP contribution in [0.25, 0.3) is 0 Å². The first kappa shape index (κ1) is 14.2. The van der Waals surface area contributed by atoms with E-state index >= 15 is 0 Å². The Morgan fingerprint density at radius 3 is 2.25 bits per heavy atom. The first-order valence-electron chi connectivity index (χ1n) is 5.24. The van der Waals surface area contributed by atoms with E-state index in [9.17, 15) is 13.2 Å². The number of carbonyl (C=O) groups is 1. The van der Waals surface area contributed by atoms with Crippen molar-refractivity contribution in [1.82, 2.24) is 9.21 Å². The number of carbonyl (C=O) groups excluding carboxylic acids is 1. The third-order valence-corrected chi connectivity index (χ3v) is 4.65. The average Bonchev–Trinajstić information content (AvgIpc) is 2.25. The van der Waals surface area contributed by atoms with Crippen LogP contribution in [0.3, 0.4) is 0 Å². The molecule has 0 aliphatic carbocycles. The molecule has 0 radical (unpaired) electrons. The van der Waals surface area contributed by atoms with Crippen LogP contribution in [0, 0.1) is 0 Å². The molecule has 5 nitrogen and oxygen atoms in total. The van der Waals surface area contributed by atoms with Crippen molar-refractivity contribution in [3.63, 3.8) is 0 Å². The topological polar surface area (TPSA) is 57.7 Å². The molecule has 0 bridgehead atoms. The molecule has 0 unspecified atom stereocenters. The smallest absolute Gasteiger partial charge is 0.222 e. The summed E-state index contributed by atoms with van der Waals surface area (Å²) in [6.07, 6.45) is 2.67. The maximum absolute atomic E-state index is 11.7. The fraction of sp³-hybridized carbons (Fsp3) is 0.889. The van der Waals surface area contributed by atoms with Crippen molar-refractivity contribution >= 4 is 38.5 Å². The molecule has 16 heavy (non-hydrogen) atoms. The number of nitrogens with zero attached hydrogens (tertiary/aromatic N) is 2.